The first-order valence-corrected chi connectivity index (χ1v) is 9.78. The standard InChI is InChI=1S/C21H19NO6S/c1-4-27-20(25)12(2)22-19(24)18(29-21(22)26)11-16-9-10-17(28-16)15-7-5-14(6-8-15)13(3)23/h5-12H,4H2,1-3H3/b18-11-/t12-/m1/s1. The summed E-state index contributed by atoms with van der Waals surface area (Å²) in [6.07, 6.45) is 1.47. The second-order valence-corrected chi connectivity index (χ2v) is 7.31. The number of Topliss-reactive ketones (excluding diaryl/α,β-unsaturated/α-hetero) is 1. The fourth-order valence-electron chi connectivity index (χ4n) is 2.77. The van der Waals surface area contributed by atoms with Gasteiger partial charge in [-0.3, -0.25) is 19.3 Å². The van der Waals surface area contributed by atoms with Crippen LogP contribution in [-0.4, -0.2) is 40.4 Å². The summed E-state index contributed by atoms with van der Waals surface area (Å²) in [6, 6.07) is 9.38. The summed E-state index contributed by atoms with van der Waals surface area (Å²) < 4.78 is 10.6. The van der Waals surface area contributed by atoms with Crippen molar-refractivity contribution in [1.82, 2.24) is 4.90 Å². The van der Waals surface area contributed by atoms with Gasteiger partial charge in [0.25, 0.3) is 11.1 Å². The van der Waals surface area contributed by atoms with Gasteiger partial charge in [0.15, 0.2) is 5.78 Å². The van der Waals surface area contributed by atoms with Crippen LogP contribution < -0.4 is 0 Å². The van der Waals surface area contributed by atoms with E-state index in [2.05, 4.69) is 0 Å². The molecular weight excluding hydrogens is 394 g/mol. The highest BCUT2D eigenvalue weighted by Gasteiger charge is 2.41. The molecule has 150 valence electrons. The number of carbonyl (C=O) groups excluding carboxylic acids is 4. The van der Waals surface area contributed by atoms with Gasteiger partial charge in [-0.25, -0.2) is 4.79 Å². The number of nitrogens with zero attached hydrogens (tertiary/aromatic N) is 1. The number of carbonyl (C=O) groups is 4. The van der Waals surface area contributed by atoms with Crippen LogP contribution in [0.5, 0.6) is 0 Å². The van der Waals surface area contributed by atoms with E-state index in [1.165, 1.54) is 19.9 Å². The van der Waals surface area contributed by atoms with Crippen LogP contribution in [0.1, 0.15) is 36.9 Å². The molecule has 8 heteroatoms. The van der Waals surface area contributed by atoms with Gasteiger partial charge in [-0.15, -0.1) is 0 Å². The van der Waals surface area contributed by atoms with Crippen molar-refractivity contribution in [1.29, 1.82) is 0 Å². The maximum atomic E-state index is 12.6. The van der Waals surface area contributed by atoms with E-state index >= 15 is 0 Å². The Morgan fingerprint density at radius 2 is 1.86 bits per heavy atom. The van der Waals surface area contributed by atoms with Crippen molar-refractivity contribution in [3.8, 4) is 11.3 Å². The number of furan rings is 1. The molecule has 1 aromatic heterocycles. The van der Waals surface area contributed by atoms with Gasteiger partial charge < -0.3 is 9.15 Å². The third-order valence-corrected chi connectivity index (χ3v) is 5.20. The quantitative estimate of drug-likeness (QED) is 0.399. The Hall–Kier alpha value is -3.13. The van der Waals surface area contributed by atoms with Crippen molar-refractivity contribution < 1.29 is 28.3 Å². The zero-order chi connectivity index (χ0) is 21.1. The zero-order valence-electron chi connectivity index (χ0n) is 16.1. The first kappa shape index (κ1) is 20.6. The third kappa shape index (κ3) is 4.32. The van der Waals surface area contributed by atoms with E-state index in [0.717, 1.165) is 22.2 Å². The summed E-state index contributed by atoms with van der Waals surface area (Å²) in [5, 5.41) is -0.534. The second-order valence-electron chi connectivity index (χ2n) is 6.32. The highest BCUT2D eigenvalue weighted by molar-refractivity contribution is 8.18. The van der Waals surface area contributed by atoms with Crippen LogP contribution in [0.4, 0.5) is 4.79 Å². The molecule has 3 rings (SSSR count). The predicted octanol–water partition coefficient (Wildman–Crippen LogP) is 4.14. The summed E-state index contributed by atoms with van der Waals surface area (Å²) in [5.74, 6) is -0.269. The molecular formula is C21H19NO6S. The van der Waals surface area contributed by atoms with Crippen LogP contribution in [0, 0.1) is 0 Å². The van der Waals surface area contributed by atoms with E-state index in [9.17, 15) is 19.2 Å². The smallest absolute Gasteiger partial charge is 0.329 e. The average Bonchev–Trinajstić information content (AvgIpc) is 3.26. The van der Waals surface area contributed by atoms with E-state index in [1.807, 2.05) is 0 Å². The number of rotatable bonds is 6. The van der Waals surface area contributed by atoms with Crippen molar-refractivity contribution in [3.63, 3.8) is 0 Å². The molecule has 2 aromatic rings. The Balaban J connectivity index is 1.79. The monoisotopic (exact) mass is 413 g/mol. The number of benzene rings is 1. The summed E-state index contributed by atoms with van der Waals surface area (Å²) in [4.78, 5) is 49.1. The highest BCUT2D eigenvalue weighted by atomic mass is 32.2. The van der Waals surface area contributed by atoms with Gasteiger partial charge in [-0.2, -0.15) is 0 Å². The molecule has 1 aliphatic rings. The molecule has 2 heterocycles. The van der Waals surface area contributed by atoms with Crippen LogP contribution in [-0.2, 0) is 14.3 Å². The fourth-order valence-corrected chi connectivity index (χ4v) is 3.65. The number of ether oxygens (including phenoxy) is 1. The number of esters is 1. The first-order valence-electron chi connectivity index (χ1n) is 8.96. The second kappa shape index (κ2) is 8.48. The first-order chi connectivity index (χ1) is 13.8. The Labute approximate surface area is 171 Å². The third-order valence-electron chi connectivity index (χ3n) is 4.31. The minimum atomic E-state index is -1.000. The number of amides is 2. The van der Waals surface area contributed by atoms with Crippen molar-refractivity contribution in [2.45, 2.75) is 26.8 Å². The Bertz CT molecular complexity index is 1000. The number of ketones is 1. The molecule has 1 atom stereocenters. The molecule has 0 saturated carbocycles. The number of thioether (sulfide) groups is 1. The lowest BCUT2D eigenvalue weighted by molar-refractivity contribution is -0.150. The molecule has 0 aliphatic carbocycles. The van der Waals surface area contributed by atoms with Crippen molar-refractivity contribution >= 4 is 40.7 Å². The lowest BCUT2D eigenvalue weighted by atomic mass is 10.1. The Morgan fingerprint density at radius 1 is 1.17 bits per heavy atom. The maximum Gasteiger partial charge on any atom is 0.329 e. The molecule has 1 aromatic carbocycles. The number of imide groups is 1. The summed E-state index contributed by atoms with van der Waals surface area (Å²) >= 11 is 0.744. The molecule has 0 radical (unpaired) electrons. The fraction of sp³-hybridized carbons (Fsp3) is 0.238. The molecule has 1 fully saturated rings. The van der Waals surface area contributed by atoms with Crippen LogP contribution in [0.3, 0.4) is 0 Å². The molecule has 0 bridgehead atoms. The zero-order valence-corrected chi connectivity index (χ0v) is 16.9. The maximum absolute atomic E-state index is 12.6. The van der Waals surface area contributed by atoms with Gasteiger partial charge in [0.2, 0.25) is 0 Å². The molecule has 0 spiro atoms. The molecule has 0 unspecified atom stereocenters. The van der Waals surface area contributed by atoms with Crippen molar-refractivity contribution in [2.75, 3.05) is 6.61 Å². The molecule has 2 amide bonds. The summed E-state index contributed by atoms with van der Waals surface area (Å²) in [7, 11) is 0. The van der Waals surface area contributed by atoms with E-state index in [-0.39, 0.29) is 17.3 Å². The lowest BCUT2D eigenvalue weighted by Crippen LogP contribution is -2.42. The lowest BCUT2D eigenvalue weighted by Gasteiger charge is -2.19. The van der Waals surface area contributed by atoms with Crippen LogP contribution in [0.25, 0.3) is 17.4 Å². The predicted molar refractivity (Wildman–Crippen MR) is 108 cm³/mol. The summed E-state index contributed by atoms with van der Waals surface area (Å²) in [5.41, 5.74) is 1.38. The molecule has 1 aliphatic heterocycles. The molecule has 0 N–H and O–H groups in total. The van der Waals surface area contributed by atoms with Gasteiger partial charge in [-0.1, -0.05) is 24.3 Å². The van der Waals surface area contributed by atoms with Gasteiger partial charge >= 0.3 is 5.97 Å². The Morgan fingerprint density at radius 3 is 2.48 bits per heavy atom. The van der Waals surface area contributed by atoms with Gasteiger partial charge in [0, 0.05) is 17.2 Å². The van der Waals surface area contributed by atoms with E-state index in [4.69, 9.17) is 9.15 Å². The number of hydrogen-bond donors (Lipinski definition) is 0. The van der Waals surface area contributed by atoms with E-state index in [1.54, 1.807) is 43.3 Å². The van der Waals surface area contributed by atoms with Gasteiger partial charge in [0.1, 0.15) is 17.6 Å². The van der Waals surface area contributed by atoms with E-state index < -0.39 is 23.2 Å². The SMILES string of the molecule is CCOC(=O)[C@@H](C)N1C(=O)S/C(=C\c2ccc(-c3ccc(C(C)=O)cc3)o2)C1=O. The van der Waals surface area contributed by atoms with Gasteiger partial charge in [-0.05, 0) is 44.7 Å². The van der Waals surface area contributed by atoms with Crippen molar-refractivity contribution in [3.05, 3.63) is 52.6 Å². The topological polar surface area (TPSA) is 93.9 Å². The van der Waals surface area contributed by atoms with Crippen LogP contribution >= 0.6 is 11.8 Å². The normalized spacial score (nSPS) is 16.4. The number of hydrogen-bond acceptors (Lipinski definition) is 7. The minimum Gasteiger partial charge on any atom is -0.464 e. The van der Waals surface area contributed by atoms with Crippen LogP contribution in [0.2, 0.25) is 0 Å². The Kier molecular flexibility index (Phi) is 6.03. The van der Waals surface area contributed by atoms with E-state index in [0.29, 0.717) is 17.1 Å². The van der Waals surface area contributed by atoms with Crippen LogP contribution in [0.15, 0.2) is 45.7 Å². The molecule has 7 nitrogen and oxygen atoms in total. The largest absolute Gasteiger partial charge is 0.464 e. The van der Waals surface area contributed by atoms with Gasteiger partial charge in [0.05, 0.1) is 11.5 Å². The summed E-state index contributed by atoms with van der Waals surface area (Å²) in [6.45, 7) is 4.76. The minimum absolute atomic E-state index is 0.0237. The van der Waals surface area contributed by atoms with Crippen molar-refractivity contribution in [2.24, 2.45) is 0 Å². The molecule has 1 saturated heterocycles. The molecule has 29 heavy (non-hydrogen) atoms. The average molecular weight is 413 g/mol. The highest BCUT2D eigenvalue weighted by Crippen LogP contribution is 2.34.